The summed E-state index contributed by atoms with van der Waals surface area (Å²) in [6, 6.07) is 13.9. The molecule has 0 spiro atoms. The zero-order chi connectivity index (χ0) is 18.8. The van der Waals surface area contributed by atoms with Gasteiger partial charge in [-0.1, -0.05) is 41.4 Å². The summed E-state index contributed by atoms with van der Waals surface area (Å²) in [5.74, 6) is 0.217. The van der Waals surface area contributed by atoms with Gasteiger partial charge in [0.2, 0.25) is 5.91 Å². The highest BCUT2D eigenvalue weighted by molar-refractivity contribution is 6.42. The zero-order valence-corrected chi connectivity index (χ0v) is 16.4. The number of fused-ring (bicyclic) bond motifs is 1. The number of anilines is 1. The van der Waals surface area contributed by atoms with E-state index in [-0.39, 0.29) is 5.91 Å². The Kier molecular flexibility index (Phi) is 5.28. The quantitative estimate of drug-likeness (QED) is 0.684. The minimum Gasteiger partial charge on any atom is -0.368 e. The summed E-state index contributed by atoms with van der Waals surface area (Å²) in [6.45, 7) is 3.06. The predicted molar refractivity (Wildman–Crippen MR) is 112 cm³/mol. The van der Waals surface area contributed by atoms with Crippen LogP contribution < -0.4 is 4.90 Å². The number of hydrogen-bond donors (Lipinski definition) is 1. The fourth-order valence-electron chi connectivity index (χ4n) is 3.63. The van der Waals surface area contributed by atoms with Crippen LogP contribution in [0.3, 0.4) is 0 Å². The smallest absolute Gasteiger partial charge is 0.223 e. The number of aromatic amines is 1. The van der Waals surface area contributed by atoms with Crippen molar-refractivity contribution in [2.75, 3.05) is 31.1 Å². The summed E-state index contributed by atoms with van der Waals surface area (Å²) in [6.07, 6.45) is 3.31. The fourth-order valence-corrected chi connectivity index (χ4v) is 3.93. The molecule has 1 N–H and O–H groups in total. The molecule has 6 heteroatoms. The summed E-state index contributed by atoms with van der Waals surface area (Å²) < 4.78 is 0. The number of benzene rings is 2. The van der Waals surface area contributed by atoms with Gasteiger partial charge in [0, 0.05) is 55.4 Å². The van der Waals surface area contributed by atoms with Gasteiger partial charge in [0.1, 0.15) is 0 Å². The van der Waals surface area contributed by atoms with Gasteiger partial charge in [0.25, 0.3) is 0 Å². The van der Waals surface area contributed by atoms with Crippen molar-refractivity contribution in [1.29, 1.82) is 0 Å². The standard InChI is InChI=1S/C21H21Cl2N3O/c22-18-7-6-16(13-19(18)23)25-9-11-26(12-10-25)21(27)8-5-15-14-24-20-4-2-1-3-17(15)20/h1-4,6-7,13-14,24H,5,8-12H2. The number of nitrogens with zero attached hydrogens (tertiary/aromatic N) is 2. The van der Waals surface area contributed by atoms with Crippen LogP contribution in [0.15, 0.2) is 48.7 Å². The first-order valence-electron chi connectivity index (χ1n) is 9.14. The highest BCUT2D eigenvalue weighted by Gasteiger charge is 2.21. The molecular formula is C21H21Cl2N3O. The van der Waals surface area contributed by atoms with Gasteiger partial charge in [-0.15, -0.1) is 0 Å². The van der Waals surface area contributed by atoms with Crippen LogP contribution in [0.5, 0.6) is 0 Å². The van der Waals surface area contributed by atoms with E-state index in [1.54, 1.807) is 0 Å². The molecule has 140 valence electrons. The molecule has 0 radical (unpaired) electrons. The van der Waals surface area contributed by atoms with E-state index in [9.17, 15) is 4.79 Å². The maximum Gasteiger partial charge on any atom is 0.223 e. The van der Waals surface area contributed by atoms with Crippen molar-refractivity contribution in [3.8, 4) is 0 Å². The van der Waals surface area contributed by atoms with E-state index >= 15 is 0 Å². The lowest BCUT2D eigenvalue weighted by molar-refractivity contribution is -0.131. The molecule has 2 aromatic carbocycles. The largest absolute Gasteiger partial charge is 0.368 e. The molecule has 1 aromatic heterocycles. The monoisotopic (exact) mass is 401 g/mol. The second-order valence-corrected chi connectivity index (χ2v) is 7.64. The third kappa shape index (κ3) is 3.92. The molecule has 1 aliphatic rings. The Morgan fingerprint density at radius 1 is 1.00 bits per heavy atom. The number of hydrogen-bond acceptors (Lipinski definition) is 2. The Balaban J connectivity index is 1.32. The second kappa shape index (κ2) is 7.83. The first-order valence-corrected chi connectivity index (χ1v) is 9.90. The molecule has 4 nitrogen and oxygen atoms in total. The van der Waals surface area contributed by atoms with Crippen LogP contribution in [-0.2, 0) is 11.2 Å². The van der Waals surface area contributed by atoms with Crippen molar-refractivity contribution in [2.24, 2.45) is 0 Å². The van der Waals surface area contributed by atoms with Crippen LogP contribution in [0.1, 0.15) is 12.0 Å². The summed E-state index contributed by atoms with van der Waals surface area (Å²) in [5.41, 5.74) is 3.37. The molecule has 0 bridgehead atoms. The number of para-hydroxylation sites is 1. The highest BCUT2D eigenvalue weighted by Crippen LogP contribution is 2.28. The molecule has 0 saturated carbocycles. The van der Waals surface area contributed by atoms with Gasteiger partial charge in [-0.25, -0.2) is 0 Å². The second-order valence-electron chi connectivity index (χ2n) is 6.83. The lowest BCUT2D eigenvalue weighted by atomic mass is 10.1. The summed E-state index contributed by atoms with van der Waals surface area (Å²) >= 11 is 12.1. The van der Waals surface area contributed by atoms with E-state index in [2.05, 4.69) is 22.0 Å². The molecule has 0 unspecified atom stereocenters. The van der Waals surface area contributed by atoms with Crippen LogP contribution >= 0.6 is 23.2 Å². The molecule has 2 heterocycles. The Morgan fingerprint density at radius 3 is 2.56 bits per heavy atom. The molecule has 1 aliphatic heterocycles. The third-order valence-corrected chi connectivity index (χ3v) is 5.92. The molecule has 3 aromatic rings. The highest BCUT2D eigenvalue weighted by atomic mass is 35.5. The first-order chi connectivity index (χ1) is 13.1. The topological polar surface area (TPSA) is 39.3 Å². The molecule has 0 atom stereocenters. The van der Waals surface area contributed by atoms with Gasteiger partial charge < -0.3 is 14.8 Å². The molecule has 0 aliphatic carbocycles. The lowest BCUT2D eigenvalue weighted by Crippen LogP contribution is -2.48. The molecule has 1 amide bonds. The lowest BCUT2D eigenvalue weighted by Gasteiger charge is -2.36. The summed E-state index contributed by atoms with van der Waals surface area (Å²) in [7, 11) is 0. The Hall–Kier alpha value is -2.17. The molecular weight excluding hydrogens is 381 g/mol. The maximum atomic E-state index is 12.6. The van der Waals surface area contributed by atoms with Gasteiger partial charge in [0.05, 0.1) is 10.0 Å². The molecule has 27 heavy (non-hydrogen) atoms. The van der Waals surface area contributed by atoms with Crippen LogP contribution in [0.4, 0.5) is 5.69 Å². The van der Waals surface area contributed by atoms with Gasteiger partial charge in [-0.05, 0) is 36.2 Å². The number of H-pyrrole nitrogens is 1. The third-order valence-electron chi connectivity index (χ3n) is 5.18. The van der Waals surface area contributed by atoms with E-state index in [1.165, 1.54) is 10.9 Å². The first kappa shape index (κ1) is 18.2. The van der Waals surface area contributed by atoms with E-state index < -0.39 is 0 Å². The fraction of sp³-hybridized carbons (Fsp3) is 0.286. The van der Waals surface area contributed by atoms with Gasteiger partial charge in [-0.2, -0.15) is 0 Å². The average Bonchev–Trinajstić information content (AvgIpc) is 3.11. The summed E-state index contributed by atoms with van der Waals surface area (Å²) in [5, 5.41) is 2.33. The number of carbonyl (C=O) groups excluding carboxylic acids is 1. The average molecular weight is 402 g/mol. The van der Waals surface area contributed by atoms with E-state index in [1.807, 2.05) is 41.4 Å². The predicted octanol–water partition coefficient (Wildman–Crippen LogP) is 4.76. The van der Waals surface area contributed by atoms with Crippen molar-refractivity contribution in [1.82, 2.24) is 9.88 Å². The zero-order valence-electron chi connectivity index (χ0n) is 14.9. The molecule has 4 rings (SSSR count). The van der Waals surface area contributed by atoms with E-state index in [0.29, 0.717) is 16.5 Å². The molecule has 1 saturated heterocycles. The number of piperazine rings is 1. The van der Waals surface area contributed by atoms with Crippen molar-refractivity contribution < 1.29 is 4.79 Å². The number of nitrogens with one attached hydrogen (secondary N) is 1. The van der Waals surface area contributed by atoms with Crippen LogP contribution in [0.2, 0.25) is 10.0 Å². The van der Waals surface area contributed by atoms with Gasteiger partial charge in [-0.3, -0.25) is 4.79 Å². The Labute approximate surface area is 168 Å². The number of aromatic nitrogens is 1. The SMILES string of the molecule is O=C(CCc1c[nH]c2ccccc12)N1CCN(c2ccc(Cl)c(Cl)c2)CC1. The summed E-state index contributed by atoms with van der Waals surface area (Å²) in [4.78, 5) is 20.1. The van der Waals surface area contributed by atoms with Crippen LogP contribution in [0.25, 0.3) is 10.9 Å². The van der Waals surface area contributed by atoms with E-state index in [0.717, 1.165) is 43.8 Å². The number of carbonyl (C=O) groups is 1. The number of halogens is 2. The Morgan fingerprint density at radius 2 is 1.78 bits per heavy atom. The maximum absolute atomic E-state index is 12.6. The van der Waals surface area contributed by atoms with E-state index in [4.69, 9.17) is 23.2 Å². The van der Waals surface area contributed by atoms with Gasteiger partial charge >= 0.3 is 0 Å². The minimum atomic E-state index is 0.217. The van der Waals surface area contributed by atoms with Crippen molar-refractivity contribution in [3.63, 3.8) is 0 Å². The normalized spacial score (nSPS) is 14.7. The molecule has 1 fully saturated rings. The number of amides is 1. The number of rotatable bonds is 4. The van der Waals surface area contributed by atoms with Crippen molar-refractivity contribution in [2.45, 2.75) is 12.8 Å². The van der Waals surface area contributed by atoms with Crippen molar-refractivity contribution >= 4 is 45.7 Å². The van der Waals surface area contributed by atoms with Crippen LogP contribution in [-0.4, -0.2) is 42.0 Å². The Bertz CT molecular complexity index is 961. The minimum absolute atomic E-state index is 0.217. The van der Waals surface area contributed by atoms with Crippen molar-refractivity contribution in [3.05, 3.63) is 64.3 Å². The van der Waals surface area contributed by atoms with Gasteiger partial charge in [0.15, 0.2) is 0 Å². The number of aryl methyl sites for hydroxylation is 1. The van der Waals surface area contributed by atoms with Crippen LogP contribution in [0, 0.1) is 0 Å².